The Morgan fingerprint density at radius 1 is 1.13 bits per heavy atom. The highest BCUT2D eigenvalue weighted by Crippen LogP contribution is 2.36. The second-order valence-electron chi connectivity index (χ2n) is 5.78. The smallest absolute Gasteiger partial charge is 0.254 e. The van der Waals surface area contributed by atoms with Gasteiger partial charge in [0.1, 0.15) is 5.82 Å². The van der Waals surface area contributed by atoms with Crippen LogP contribution < -0.4 is 9.47 Å². The molecule has 0 N–H and O–H groups in total. The number of halogens is 1. The van der Waals surface area contributed by atoms with Crippen LogP contribution in [0.4, 0.5) is 4.39 Å². The van der Waals surface area contributed by atoms with E-state index >= 15 is 0 Å². The van der Waals surface area contributed by atoms with Gasteiger partial charge in [-0.15, -0.1) is 0 Å². The summed E-state index contributed by atoms with van der Waals surface area (Å²) < 4.78 is 24.1. The molecule has 2 aromatic rings. The summed E-state index contributed by atoms with van der Waals surface area (Å²) in [5, 5.41) is 0. The summed E-state index contributed by atoms with van der Waals surface area (Å²) in [4.78, 5) is 14.7. The molecule has 5 heteroatoms. The average molecular weight is 313 g/mol. The molecule has 118 valence electrons. The van der Waals surface area contributed by atoms with Gasteiger partial charge in [0.05, 0.1) is 6.04 Å². The molecule has 2 aliphatic heterocycles. The summed E-state index contributed by atoms with van der Waals surface area (Å²) in [6.45, 7) is 0.858. The van der Waals surface area contributed by atoms with Crippen LogP contribution in [0, 0.1) is 5.82 Å². The minimum atomic E-state index is -0.273. The molecule has 1 saturated heterocycles. The number of benzene rings is 2. The molecule has 0 bridgehead atoms. The van der Waals surface area contributed by atoms with Gasteiger partial charge in [-0.05, 0) is 48.7 Å². The van der Waals surface area contributed by atoms with Crippen molar-refractivity contribution in [3.05, 3.63) is 59.4 Å². The number of fused-ring (bicyclic) bond motifs is 1. The van der Waals surface area contributed by atoms with E-state index in [1.54, 1.807) is 24.3 Å². The summed E-state index contributed by atoms with van der Waals surface area (Å²) in [6, 6.07) is 11.6. The molecule has 2 heterocycles. The van der Waals surface area contributed by atoms with Gasteiger partial charge < -0.3 is 14.4 Å². The molecule has 4 rings (SSSR count). The van der Waals surface area contributed by atoms with Gasteiger partial charge in [-0.2, -0.15) is 0 Å². The van der Waals surface area contributed by atoms with Gasteiger partial charge in [-0.3, -0.25) is 4.79 Å². The Morgan fingerprint density at radius 3 is 2.87 bits per heavy atom. The molecule has 0 aliphatic carbocycles. The molecule has 23 heavy (non-hydrogen) atoms. The number of amides is 1. The van der Waals surface area contributed by atoms with E-state index in [4.69, 9.17) is 9.47 Å². The van der Waals surface area contributed by atoms with Crippen molar-refractivity contribution in [3.63, 3.8) is 0 Å². The minimum Gasteiger partial charge on any atom is -0.454 e. The Kier molecular flexibility index (Phi) is 3.41. The zero-order chi connectivity index (χ0) is 15.8. The van der Waals surface area contributed by atoms with Crippen LogP contribution in [0.1, 0.15) is 34.8 Å². The van der Waals surface area contributed by atoms with Crippen molar-refractivity contribution in [2.24, 2.45) is 0 Å². The van der Waals surface area contributed by atoms with Crippen molar-refractivity contribution in [2.45, 2.75) is 18.9 Å². The van der Waals surface area contributed by atoms with Crippen molar-refractivity contribution >= 4 is 5.91 Å². The highest BCUT2D eigenvalue weighted by molar-refractivity contribution is 5.95. The molecule has 0 saturated carbocycles. The molecule has 0 radical (unpaired) electrons. The first-order valence-corrected chi connectivity index (χ1v) is 7.68. The first-order chi connectivity index (χ1) is 11.2. The number of carbonyl (C=O) groups is 1. The highest BCUT2D eigenvalue weighted by Gasteiger charge is 2.31. The maximum atomic E-state index is 13.5. The topological polar surface area (TPSA) is 38.8 Å². The van der Waals surface area contributed by atoms with E-state index in [0.29, 0.717) is 23.6 Å². The van der Waals surface area contributed by atoms with Gasteiger partial charge in [0.25, 0.3) is 5.91 Å². The second kappa shape index (κ2) is 5.57. The van der Waals surface area contributed by atoms with Crippen LogP contribution in [0.25, 0.3) is 0 Å². The van der Waals surface area contributed by atoms with Crippen molar-refractivity contribution in [1.29, 1.82) is 0 Å². The SMILES string of the molecule is O=C(c1ccc2c(c1)OCO2)N1CCCC1c1cccc(F)c1. The van der Waals surface area contributed by atoms with Crippen molar-refractivity contribution in [1.82, 2.24) is 4.90 Å². The average Bonchev–Trinajstić information content (AvgIpc) is 3.22. The van der Waals surface area contributed by atoms with Crippen LogP contribution in [0.2, 0.25) is 0 Å². The lowest BCUT2D eigenvalue weighted by molar-refractivity contribution is 0.0735. The molecule has 2 aromatic carbocycles. The third-order valence-electron chi connectivity index (χ3n) is 4.37. The van der Waals surface area contributed by atoms with Gasteiger partial charge in [0.15, 0.2) is 11.5 Å². The third-order valence-corrected chi connectivity index (χ3v) is 4.37. The fourth-order valence-corrected chi connectivity index (χ4v) is 3.27. The van der Waals surface area contributed by atoms with Gasteiger partial charge in [0.2, 0.25) is 6.79 Å². The molecule has 1 fully saturated rings. The van der Waals surface area contributed by atoms with E-state index in [9.17, 15) is 9.18 Å². The van der Waals surface area contributed by atoms with E-state index < -0.39 is 0 Å². The molecule has 4 nitrogen and oxygen atoms in total. The summed E-state index contributed by atoms with van der Waals surface area (Å²) >= 11 is 0. The molecule has 2 aliphatic rings. The number of ether oxygens (including phenoxy) is 2. The Hall–Kier alpha value is -2.56. The van der Waals surface area contributed by atoms with Crippen LogP contribution in [0.5, 0.6) is 11.5 Å². The van der Waals surface area contributed by atoms with Crippen LogP contribution in [0.15, 0.2) is 42.5 Å². The standard InChI is InChI=1S/C18H16FNO3/c19-14-4-1-3-12(9-14)15-5-2-8-20(15)18(21)13-6-7-16-17(10-13)23-11-22-16/h1,3-4,6-7,9-10,15H,2,5,8,11H2. The van der Waals surface area contributed by atoms with Gasteiger partial charge >= 0.3 is 0 Å². The maximum Gasteiger partial charge on any atom is 0.254 e. The monoisotopic (exact) mass is 313 g/mol. The van der Waals surface area contributed by atoms with Crippen LogP contribution in [0.3, 0.4) is 0 Å². The summed E-state index contributed by atoms with van der Waals surface area (Å²) in [5.41, 5.74) is 1.41. The van der Waals surface area contributed by atoms with Gasteiger partial charge in [0, 0.05) is 12.1 Å². The number of nitrogens with zero attached hydrogens (tertiary/aromatic N) is 1. The zero-order valence-corrected chi connectivity index (χ0v) is 12.5. The van der Waals surface area contributed by atoms with E-state index in [2.05, 4.69) is 0 Å². The molecule has 1 atom stereocenters. The summed E-state index contributed by atoms with van der Waals surface area (Å²) in [6.07, 6.45) is 1.76. The molecular weight excluding hydrogens is 297 g/mol. The van der Waals surface area contributed by atoms with E-state index in [0.717, 1.165) is 18.4 Å². The van der Waals surface area contributed by atoms with Crippen LogP contribution in [-0.4, -0.2) is 24.1 Å². The quantitative estimate of drug-likeness (QED) is 0.851. The molecule has 1 amide bonds. The maximum absolute atomic E-state index is 13.5. The van der Waals surface area contributed by atoms with E-state index in [-0.39, 0.29) is 24.6 Å². The predicted octanol–water partition coefficient (Wildman–Crippen LogP) is 3.53. The van der Waals surface area contributed by atoms with E-state index in [1.807, 2.05) is 11.0 Å². The Morgan fingerprint density at radius 2 is 2.00 bits per heavy atom. The molecule has 0 aromatic heterocycles. The van der Waals surface area contributed by atoms with Crippen LogP contribution >= 0.6 is 0 Å². The number of hydrogen-bond donors (Lipinski definition) is 0. The minimum absolute atomic E-state index is 0.0601. The fourth-order valence-electron chi connectivity index (χ4n) is 3.27. The number of rotatable bonds is 2. The molecule has 0 spiro atoms. The Labute approximate surface area is 133 Å². The normalized spacial score (nSPS) is 19.2. The van der Waals surface area contributed by atoms with Crippen molar-refractivity contribution in [3.8, 4) is 11.5 Å². The lowest BCUT2D eigenvalue weighted by Crippen LogP contribution is -2.30. The molecule has 1 unspecified atom stereocenters. The number of likely N-dealkylation sites (tertiary alicyclic amines) is 1. The van der Waals surface area contributed by atoms with Gasteiger partial charge in [-0.25, -0.2) is 4.39 Å². The Bertz CT molecular complexity index is 762. The predicted molar refractivity (Wildman–Crippen MR) is 82.0 cm³/mol. The fraction of sp³-hybridized carbons (Fsp3) is 0.278. The lowest BCUT2D eigenvalue weighted by atomic mass is 10.0. The molecular formula is C18H16FNO3. The van der Waals surface area contributed by atoms with E-state index in [1.165, 1.54) is 12.1 Å². The number of carbonyl (C=O) groups excluding carboxylic acids is 1. The summed E-state index contributed by atoms with van der Waals surface area (Å²) in [5.74, 6) is 0.918. The lowest BCUT2D eigenvalue weighted by Gasteiger charge is -2.25. The summed E-state index contributed by atoms with van der Waals surface area (Å²) in [7, 11) is 0. The second-order valence-corrected chi connectivity index (χ2v) is 5.78. The first-order valence-electron chi connectivity index (χ1n) is 7.68. The first kappa shape index (κ1) is 14.1. The largest absolute Gasteiger partial charge is 0.454 e. The third kappa shape index (κ3) is 2.52. The van der Waals surface area contributed by atoms with Gasteiger partial charge in [-0.1, -0.05) is 12.1 Å². The number of hydrogen-bond acceptors (Lipinski definition) is 3. The Balaban J connectivity index is 1.62. The van der Waals surface area contributed by atoms with Crippen LogP contribution in [-0.2, 0) is 0 Å². The highest BCUT2D eigenvalue weighted by atomic mass is 19.1. The van der Waals surface area contributed by atoms with Crippen molar-refractivity contribution < 1.29 is 18.7 Å². The zero-order valence-electron chi connectivity index (χ0n) is 12.5. The van der Waals surface area contributed by atoms with Crippen molar-refractivity contribution in [2.75, 3.05) is 13.3 Å².